The van der Waals surface area contributed by atoms with E-state index in [1.807, 2.05) is 9.97 Å². The van der Waals surface area contributed by atoms with Crippen molar-refractivity contribution in [1.82, 2.24) is 44.2 Å². The molecule has 0 radical (unpaired) electrons. The van der Waals surface area contributed by atoms with Crippen LogP contribution in [0.15, 0.2) is 59.6 Å². The third-order valence-corrected chi connectivity index (χ3v) is 20.0. The average molecular weight is 1490 g/mol. The fourth-order valence-corrected chi connectivity index (χ4v) is 14.4. The van der Waals surface area contributed by atoms with Crippen LogP contribution in [0.4, 0.5) is 4.79 Å². The third-order valence-electron chi connectivity index (χ3n) is 15.1. The largest absolute Gasteiger partial charge is 0.472 e. The summed E-state index contributed by atoms with van der Waals surface area (Å²) in [5.74, 6) is 0.483. The molecule has 0 aliphatic carbocycles. The number of carbonyl (C=O) groups is 1. The van der Waals surface area contributed by atoms with Crippen LogP contribution in [0.25, 0.3) is 0 Å². The highest BCUT2D eigenvalue weighted by Crippen LogP contribution is 2.54. The molecule has 2 amide bonds. The molecule has 0 saturated carbocycles. The van der Waals surface area contributed by atoms with Crippen LogP contribution in [0, 0.1) is 20.8 Å². The van der Waals surface area contributed by atoms with Crippen molar-refractivity contribution in [3.63, 3.8) is 0 Å². The van der Waals surface area contributed by atoms with Gasteiger partial charge >= 0.3 is 62.2 Å². The predicted octanol–water partition coefficient (Wildman–Crippen LogP) is -1.04. The number of hydrogen-bond donors (Lipinski definition) is 14. The van der Waals surface area contributed by atoms with E-state index in [0.29, 0.717) is 44.4 Å². The van der Waals surface area contributed by atoms with Gasteiger partial charge in [-0.2, -0.15) is 12.6 Å². The molecule has 0 bridgehead atoms. The van der Waals surface area contributed by atoms with Crippen molar-refractivity contribution >= 4 is 57.8 Å². The van der Waals surface area contributed by atoms with E-state index >= 15 is 0 Å². The summed E-state index contributed by atoms with van der Waals surface area (Å²) in [5, 5.41) is 27.7. The zero-order chi connectivity index (χ0) is 70.2. The van der Waals surface area contributed by atoms with Gasteiger partial charge in [0.2, 0.25) is 0 Å². The van der Waals surface area contributed by atoms with Gasteiger partial charge in [-0.05, 0) is 58.4 Å². The molecule has 48 heteroatoms. The Labute approximate surface area is 547 Å². The minimum atomic E-state index is -5.55. The van der Waals surface area contributed by atoms with Crippen LogP contribution in [-0.4, -0.2) is 198 Å². The first-order valence-electron chi connectivity index (χ1n) is 29.3. The topological polar surface area (TPSA) is 576 Å². The molecule has 13 N–H and O–H groups in total. The number of urea groups is 1. The zero-order valence-corrected chi connectivity index (χ0v) is 56.4. The van der Waals surface area contributed by atoms with Gasteiger partial charge < -0.3 is 63.8 Å². The number of ether oxygens (including phenoxy) is 4. The molecule has 3 aromatic heterocycles. The van der Waals surface area contributed by atoms with Crippen molar-refractivity contribution in [3.8, 4) is 0 Å². The molecule has 4 fully saturated rings. The van der Waals surface area contributed by atoms with Crippen molar-refractivity contribution in [3.05, 3.63) is 110 Å². The lowest BCUT2D eigenvalue weighted by Crippen LogP contribution is -2.56. The highest BCUT2D eigenvalue weighted by atomic mass is 32.1. The second-order valence-electron chi connectivity index (χ2n) is 22.3. The smallest absolute Gasteiger partial charge is 0.387 e. The minimum absolute atomic E-state index is 0.00820. The zero-order valence-electron chi connectivity index (χ0n) is 51.0. The number of aromatic amines is 3. The number of phosphoric ester groups is 5. The quantitative estimate of drug-likeness (QED) is 0.0190. The SMILES string of the molecule is Cc1cn(C2CC(OP(=O)(O)OCC3OC(n4cc(C)c(=O)[nH]c4=O)CC3OP(=O)(O)OCC3OC(n4cc(C)c(=O)[nH]c4=O)CC3OP(=O)(O)OCC3OC(N4C=CC(NCCCCCCOP(=O)(O)OCCCS)NC4=O)C(O)C3O)C(COP(=O)(O)O)O2)c(=O)[nH]c1=O. The molecule has 540 valence electrons. The van der Waals surface area contributed by atoms with Gasteiger partial charge in [0.05, 0.1) is 39.6 Å². The number of thiol groups is 1. The van der Waals surface area contributed by atoms with Crippen LogP contribution in [-0.2, 0) is 82.5 Å². The highest BCUT2D eigenvalue weighted by molar-refractivity contribution is 7.80. The molecule has 4 saturated heterocycles. The molecule has 18 atom stereocenters. The van der Waals surface area contributed by atoms with E-state index in [0.717, 1.165) is 37.2 Å². The van der Waals surface area contributed by atoms with E-state index in [1.54, 1.807) is 0 Å². The van der Waals surface area contributed by atoms with Gasteiger partial charge in [0.1, 0.15) is 79.8 Å². The number of nitrogens with zero attached hydrogens (tertiary/aromatic N) is 4. The fraction of sp³-hybridized carbons (Fsp3) is 0.688. The molecular formula is C48H74N9O33P5S. The molecule has 5 aliphatic rings. The van der Waals surface area contributed by atoms with E-state index < -0.39 is 211 Å². The molecule has 96 heavy (non-hydrogen) atoms. The molecule has 3 aromatic rings. The average Bonchev–Trinajstić information content (AvgIpc) is 1.65. The summed E-state index contributed by atoms with van der Waals surface area (Å²) < 4.78 is 137. The van der Waals surface area contributed by atoms with Crippen molar-refractivity contribution in [1.29, 1.82) is 0 Å². The number of aliphatic hydroxyl groups is 2. The van der Waals surface area contributed by atoms with Crippen LogP contribution < -0.4 is 44.4 Å². The van der Waals surface area contributed by atoms with E-state index in [2.05, 4.69) is 32.8 Å². The summed E-state index contributed by atoms with van der Waals surface area (Å²) in [4.78, 5) is 158. The van der Waals surface area contributed by atoms with Gasteiger partial charge in [0, 0.05) is 60.7 Å². The molecule has 18 unspecified atom stereocenters. The molecule has 0 aromatic carbocycles. The summed E-state index contributed by atoms with van der Waals surface area (Å²) in [6.45, 7) is 0.283. The predicted molar refractivity (Wildman–Crippen MR) is 324 cm³/mol. The van der Waals surface area contributed by atoms with Gasteiger partial charge in [0.25, 0.3) is 16.7 Å². The van der Waals surface area contributed by atoms with Crippen molar-refractivity contribution in [2.24, 2.45) is 0 Å². The van der Waals surface area contributed by atoms with Gasteiger partial charge in [-0.1, -0.05) is 12.8 Å². The van der Waals surface area contributed by atoms with Crippen LogP contribution in [0.2, 0.25) is 0 Å². The fourth-order valence-electron chi connectivity index (χ4n) is 10.3. The Hall–Kier alpha value is -4.33. The first-order valence-corrected chi connectivity index (χ1v) is 37.5. The summed E-state index contributed by atoms with van der Waals surface area (Å²) in [7, 11) is -25.8. The number of amides is 2. The molecule has 0 spiro atoms. The van der Waals surface area contributed by atoms with Crippen LogP contribution >= 0.6 is 51.7 Å². The summed E-state index contributed by atoms with van der Waals surface area (Å²) >= 11 is 4.01. The lowest BCUT2D eigenvalue weighted by atomic mass is 10.1. The van der Waals surface area contributed by atoms with Crippen LogP contribution in [0.3, 0.4) is 0 Å². The molecule has 42 nitrogen and oxygen atoms in total. The Morgan fingerprint density at radius 3 is 1.32 bits per heavy atom. The number of H-pyrrole nitrogens is 3. The number of hydrogen-bond acceptors (Lipinski definition) is 29. The third kappa shape index (κ3) is 21.4. The van der Waals surface area contributed by atoms with Crippen molar-refractivity contribution in [2.45, 2.75) is 158 Å². The number of aryl methyl sites for hydroxylation is 3. The van der Waals surface area contributed by atoms with Gasteiger partial charge in [-0.25, -0.2) is 42.0 Å². The summed E-state index contributed by atoms with van der Waals surface area (Å²) in [6.07, 6.45) is -14.8. The molecule has 5 aliphatic heterocycles. The minimum Gasteiger partial charge on any atom is -0.387 e. The monoisotopic (exact) mass is 1490 g/mol. The Morgan fingerprint density at radius 2 is 0.917 bits per heavy atom. The summed E-state index contributed by atoms with van der Waals surface area (Å²) in [5.41, 5.74) is -5.44. The lowest BCUT2D eigenvalue weighted by molar-refractivity contribution is -0.0704. The number of aliphatic hydroxyl groups excluding tert-OH is 2. The van der Waals surface area contributed by atoms with Crippen LogP contribution in [0.5, 0.6) is 0 Å². The van der Waals surface area contributed by atoms with Gasteiger partial charge in [-0.15, -0.1) is 0 Å². The number of unbranched alkanes of at least 4 members (excludes halogenated alkanes) is 3. The van der Waals surface area contributed by atoms with E-state index in [-0.39, 0.29) is 29.9 Å². The Bertz CT molecular complexity index is 3880. The molecular weight excluding hydrogens is 1420 g/mol. The standard InChI is InChI=1S/C48H74N9O33P5S/c1-25-18-55(46(64)51-41(25)60)36-15-28(31(84-36)21-80-91(67,68)69)88-93(72,73)81-22-32-29(16-37(85-32)56-19-26(2)42(61)52-47(56)65)89-94(74,75)82-23-33-30(17-38(86-33)57-20-27(3)43(62)53-48(57)66)90-95(76,77)83-24-34-39(58)40(59)44(87-34)54-11-9-35(50-45(54)63)49-10-6-4-5-7-12-78-92(70,71)79-13-8-14-96/h9,11,18-20,28-40,44,49,58-59,96H,4-8,10,12-17,21-24H2,1-3H3,(H,50,63)(H,70,71)(H,72,73)(H,74,75)(H,76,77)(H,51,60,64)(H,52,61,65)(H,53,62,66)(H2,67,68,69). The Morgan fingerprint density at radius 1 is 0.521 bits per heavy atom. The maximum Gasteiger partial charge on any atom is 0.472 e. The van der Waals surface area contributed by atoms with E-state index in [9.17, 15) is 96.0 Å². The highest BCUT2D eigenvalue weighted by Gasteiger charge is 2.51. The number of phosphoric acid groups is 5. The maximum atomic E-state index is 14.0. The summed E-state index contributed by atoms with van der Waals surface area (Å²) in [6, 6.07) is -0.780. The second kappa shape index (κ2) is 33.0. The normalized spacial score (nSPS) is 29.5. The Kier molecular flexibility index (Phi) is 26.6. The molecule has 8 heterocycles. The van der Waals surface area contributed by atoms with E-state index in [4.69, 9.17) is 55.1 Å². The van der Waals surface area contributed by atoms with E-state index in [1.165, 1.54) is 33.0 Å². The lowest BCUT2D eigenvalue weighted by Gasteiger charge is -2.32. The number of aromatic nitrogens is 6. The maximum absolute atomic E-state index is 14.0. The van der Waals surface area contributed by atoms with Crippen molar-refractivity contribution in [2.75, 3.05) is 51.9 Å². The van der Waals surface area contributed by atoms with Gasteiger partial charge in [-0.3, -0.25) is 94.0 Å². The van der Waals surface area contributed by atoms with Crippen LogP contribution in [0.1, 0.15) is 86.7 Å². The number of rotatable bonds is 35. The second-order valence-corrected chi connectivity index (χ2v) is 29.7. The van der Waals surface area contributed by atoms with Crippen molar-refractivity contribution < 1.29 is 127 Å². The van der Waals surface area contributed by atoms with Gasteiger partial charge in [0.15, 0.2) is 6.23 Å². The first kappa shape index (κ1) is 77.4. The number of carbonyl (C=O) groups excluding carboxylic acids is 1. The molecule has 8 rings (SSSR count). The first-order chi connectivity index (χ1) is 45.0. The number of nitrogens with one attached hydrogen (secondary N) is 5. The Balaban J connectivity index is 0.897.